The number of aliphatic carboxylic acids is 1. The first-order valence-corrected chi connectivity index (χ1v) is 11.0. The second kappa shape index (κ2) is 8.51. The zero-order valence-electron chi connectivity index (χ0n) is 15.0. The first-order valence-electron chi connectivity index (χ1n) is 8.98. The zero-order chi connectivity index (χ0) is 19.3. The summed E-state index contributed by atoms with van der Waals surface area (Å²) in [6, 6.07) is 23.1. The molecule has 0 aliphatic carbocycles. The average Bonchev–Trinajstić information content (AvgIpc) is 2.65. The molecule has 0 spiro atoms. The topological polar surface area (TPSA) is 74.6 Å². The number of rotatable bonds is 8. The van der Waals surface area contributed by atoms with E-state index in [4.69, 9.17) is 0 Å². The van der Waals surface area contributed by atoms with Crippen LogP contribution in [0.5, 0.6) is 0 Å². The van der Waals surface area contributed by atoms with Gasteiger partial charge < -0.3 is 10.00 Å². The van der Waals surface area contributed by atoms with E-state index in [1.807, 2.05) is 54.6 Å². The van der Waals surface area contributed by atoms with Gasteiger partial charge in [-0.25, -0.2) is 0 Å². The lowest BCUT2D eigenvalue weighted by atomic mass is 9.99. The molecular weight excluding hydrogens is 359 g/mol. The van der Waals surface area contributed by atoms with Crippen LogP contribution < -0.4 is 0 Å². The van der Waals surface area contributed by atoms with E-state index in [-0.39, 0.29) is 12.3 Å². The molecule has 0 saturated heterocycles. The number of hydrogen-bond donors (Lipinski definition) is 2. The van der Waals surface area contributed by atoms with Gasteiger partial charge in [0.15, 0.2) is 0 Å². The maximum atomic E-state index is 12.6. The van der Waals surface area contributed by atoms with Crippen molar-refractivity contribution >= 4 is 24.1 Å². The van der Waals surface area contributed by atoms with Gasteiger partial charge in [0.2, 0.25) is 7.37 Å². The first-order chi connectivity index (χ1) is 12.9. The fourth-order valence-electron chi connectivity index (χ4n) is 3.31. The Hall–Kier alpha value is -2.42. The molecule has 0 heterocycles. The summed E-state index contributed by atoms with van der Waals surface area (Å²) in [6.07, 6.45) is 0.707. The molecule has 0 aliphatic heterocycles. The maximum absolute atomic E-state index is 12.6. The number of carboxylic acids is 1. The number of hydrogen-bond acceptors (Lipinski definition) is 2. The Labute approximate surface area is 158 Å². The van der Waals surface area contributed by atoms with Gasteiger partial charge in [0, 0.05) is 12.3 Å². The van der Waals surface area contributed by atoms with Gasteiger partial charge in [-0.05, 0) is 34.7 Å². The van der Waals surface area contributed by atoms with Gasteiger partial charge in [-0.15, -0.1) is 0 Å². The molecular formula is C22H23O4P. The minimum atomic E-state index is -3.57. The van der Waals surface area contributed by atoms with Crippen molar-refractivity contribution in [1.29, 1.82) is 0 Å². The molecule has 3 aromatic carbocycles. The smallest absolute Gasteiger partial charge is 0.307 e. The summed E-state index contributed by atoms with van der Waals surface area (Å²) in [5.74, 6) is -1.85. The van der Waals surface area contributed by atoms with E-state index in [1.165, 1.54) is 0 Å². The Kier molecular flexibility index (Phi) is 6.10. The molecule has 0 aliphatic rings. The van der Waals surface area contributed by atoms with Gasteiger partial charge >= 0.3 is 5.97 Å². The normalized spacial score (nSPS) is 14.6. The van der Waals surface area contributed by atoms with Crippen LogP contribution in [0.2, 0.25) is 0 Å². The van der Waals surface area contributed by atoms with Gasteiger partial charge in [-0.3, -0.25) is 9.36 Å². The third-order valence-electron chi connectivity index (χ3n) is 4.72. The monoisotopic (exact) mass is 382 g/mol. The molecule has 2 atom stereocenters. The number of carbonyl (C=O) groups is 1. The largest absolute Gasteiger partial charge is 0.481 e. The van der Waals surface area contributed by atoms with Crippen molar-refractivity contribution in [3.8, 4) is 0 Å². The molecule has 3 aromatic rings. The fraction of sp³-hybridized carbons (Fsp3) is 0.227. The summed E-state index contributed by atoms with van der Waals surface area (Å²) in [6.45, 7) is 0. The van der Waals surface area contributed by atoms with Crippen LogP contribution >= 0.6 is 7.37 Å². The molecule has 27 heavy (non-hydrogen) atoms. The second-order valence-corrected chi connectivity index (χ2v) is 9.30. The van der Waals surface area contributed by atoms with Crippen LogP contribution in [-0.2, 0) is 21.9 Å². The first kappa shape index (κ1) is 19.3. The summed E-state index contributed by atoms with van der Waals surface area (Å²) in [5.41, 5.74) is 1.79. The van der Waals surface area contributed by atoms with Crippen molar-refractivity contribution in [1.82, 2.24) is 0 Å². The Morgan fingerprint density at radius 3 is 2.26 bits per heavy atom. The second-order valence-electron chi connectivity index (χ2n) is 6.93. The standard InChI is InChI=1S/C22H23O4P/c23-22(24)21(16-27(25,26)15-18-6-2-1-3-7-18)13-11-17-10-12-19-8-4-5-9-20(19)14-17/h1-10,12,14,21H,11,13,15-16H2,(H,23,24)(H,25,26). The minimum Gasteiger partial charge on any atom is -0.481 e. The molecule has 0 saturated carbocycles. The van der Waals surface area contributed by atoms with E-state index in [0.29, 0.717) is 12.8 Å². The van der Waals surface area contributed by atoms with E-state index in [2.05, 4.69) is 6.07 Å². The van der Waals surface area contributed by atoms with Gasteiger partial charge in [-0.1, -0.05) is 72.8 Å². The zero-order valence-corrected chi connectivity index (χ0v) is 15.9. The van der Waals surface area contributed by atoms with Crippen LogP contribution in [0.3, 0.4) is 0 Å². The van der Waals surface area contributed by atoms with E-state index in [9.17, 15) is 19.4 Å². The van der Waals surface area contributed by atoms with E-state index in [0.717, 1.165) is 21.9 Å². The highest BCUT2D eigenvalue weighted by Crippen LogP contribution is 2.46. The SMILES string of the molecule is O=C(O)C(CCc1ccc2ccccc2c1)CP(=O)(O)Cc1ccccc1. The van der Waals surface area contributed by atoms with Gasteiger partial charge in [0.1, 0.15) is 0 Å². The van der Waals surface area contributed by atoms with Crippen molar-refractivity contribution in [2.45, 2.75) is 19.0 Å². The summed E-state index contributed by atoms with van der Waals surface area (Å²) in [7, 11) is -3.57. The van der Waals surface area contributed by atoms with Crippen molar-refractivity contribution in [3.05, 3.63) is 83.9 Å². The highest BCUT2D eigenvalue weighted by atomic mass is 31.2. The predicted molar refractivity (Wildman–Crippen MR) is 108 cm³/mol. The summed E-state index contributed by atoms with van der Waals surface area (Å²) in [5, 5.41) is 11.8. The lowest BCUT2D eigenvalue weighted by molar-refractivity contribution is -0.141. The molecule has 140 valence electrons. The van der Waals surface area contributed by atoms with Crippen molar-refractivity contribution in [2.24, 2.45) is 5.92 Å². The Morgan fingerprint density at radius 1 is 0.889 bits per heavy atom. The van der Waals surface area contributed by atoms with Gasteiger partial charge in [0.05, 0.1) is 5.92 Å². The third-order valence-corrected chi connectivity index (χ3v) is 6.59. The molecule has 3 rings (SSSR count). The maximum Gasteiger partial charge on any atom is 0.307 e. The number of carboxylic acid groups (broad SMARTS) is 1. The van der Waals surface area contributed by atoms with Crippen LogP contribution in [0.1, 0.15) is 17.5 Å². The van der Waals surface area contributed by atoms with Crippen molar-refractivity contribution in [2.75, 3.05) is 6.16 Å². The molecule has 0 fully saturated rings. The highest BCUT2D eigenvalue weighted by molar-refractivity contribution is 7.57. The highest BCUT2D eigenvalue weighted by Gasteiger charge is 2.28. The molecule has 5 heteroatoms. The number of fused-ring (bicyclic) bond motifs is 1. The molecule has 4 nitrogen and oxygen atoms in total. The van der Waals surface area contributed by atoms with E-state index < -0.39 is 19.3 Å². The Balaban J connectivity index is 1.66. The van der Waals surface area contributed by atoms with E-state index in [1.54, 1.807) is 12.1 Å². The minimum absolute atomic E-state index is 0.00753. The molecule has 0 bridgehead atoms. The Morgan fingerprint density at radius 2 is 1.56 bits per heavy atom. The Bertz CT molecular complexity index is 968. The molecule has 2 N–H and O–H groups in total. The molecule has 2 unspecified atom stereocenters. The molecule has 0 amide bonds. The fourth-order valence-corrected chi connectivity index (χ4v) is 5.24. The molecule has 0 aromatic heterocycles. The van der Waals surface area contributed by atoms with Crippen LogP contribution in [0, 0.1) is 5.92 Å². The number of benzene rings is 3. The van der Waals surface area contributed by atoms with Crippen LogP contribution in [-0.4, -0.2) is 22.1 Å². The third kappa shape index (κ3) is 5.53. The number of aryl methyl sites for hydroxylation is 1. The predicted octanol–water partition coefficient (Wildman–Crippen LogP) is 4.94. The van der Waals surface area contributed by atoms with E-state index >= 15 is 0 Å². The quantitative estimate of drug-likeness (QED) is 0.541. The average molecular weight is 382 g/mol. The summed E-state index contributed by atoms with van der Waals surface area (Å²) < 4.78 is 12.6. The molecule has 0 radical (unpaired) electrons. The summed E-state index contributed by atoms with van der Waals surface area (Å²) in [4.78, 5) is 21.9. The van der Waals surface area contributed by atoms with Crippen molar-refractivity contribution < 1.29 is 19.4 Å². The van der Waals surface area contributed by atoms with Gasteiger partial charge in [-0.2, -0.15) is 0 Å². The van der Waals surface area contributed by atoms with Crippen LogP contribution in [0.15, 0.2) is 72.8 Å². The van der Waals surface area contributed by atoms with Crippen LogP contribution in [0.25, 0.3) is 10.8 Å². The van der Waals surface area contributed by atoms with Crippen LogP contribution in [0.4, 0.5) is 0 Å². The lowest BCUT2D eigenvalue weighted by Crippen LogP contribution is -2.19. The van der Waals surface area contributed by atoms with Crippen molar-refractivity contribution in [3.63, 3.8) is 0 Å². The lowest BCUT2D eigenvalue weighted by Gasteiger charge is -2.17. The van der Waals surface area contributed by atoms with Gasteiger partial charge in [0.25, 0.3) is 0 Å². The summed E-state index contributed by atoms with van der Waals surface area (Å²) >= 11 is 0.